The van der Waals surface area contributed by atoms with Gasteiger partial charge < -0.3 is 21.1 Å². The van der Waals surface area contributed by atoms with E-state index in [1.165, 1.54) is 24.0 Å². The number of rotatable bonds is 7. The Balaban J connectivity index is 2.04. The van der Waals surface area contributed by atoms with Gasteiger partial charge >= 0.3 is 6.36 Å². The van der Waals surface area contributed by atoms with Crippen LogP contribution in [0.5, 0.6) is 5.75 Å². The highest BCUT2D eigenvalue weighted by molar-refractivity contribution is 7.18. The molecule has 7 nitrogen and oxygen atoms in total. The number of halogens is 4. The van der Waals surface area contributed by atoms with Gasteiger partial charge in [-0.25, -0.2) is 4.98 Å². The van der Waals surface area contributed by atoms with Crippen molar-refractivity contribution in [2.45, 2.75) is 19.3 Å². The zero-order chi connectivity index (χ0) is 23.6. The van der Waals surface area contributed by atoms with Crippen molar-refractivity contribution in [1.82, 2.24) is 4.98 Å². The number of thiazole rings is 1. The molecular weight excluding hydrogens is 469 g/mol. The fourth-order valence-corrected chi connectivity index (χ4v) is 4.04. The smallest absolute Gasteiger partial charge is 0.404 e. The van der Waals surface area contributed by atoms with Gasteiger partial charge in [0.25, 0.3) is 0 Å². The predicted molar refractivity (Wildman–Crippen MR) is 115 cm³/mol. The maximum atomic E-state index is 12.8. The number of benzene rings is 2. The zero-order valence-electron chi connectivity index (χ0n) is 16.4. The Labute approximate surface area is 189 Å². The minimum Gasteiger partial charge on any atom is -0.404 e. The van der Waals surface area contributed by atoms with E-state index in [1.807, 2.05) is 0 Å². The zero-order valence-corrected chi connectivity index (χ0v) is 18.0. The summed E-state index contributed by atoms with van der Waals surface area (Å²) in [7, 11) is 0. The van der Waals surface area contributed by atoms with Crippen molar-refractivity contribution in [3.63, 3.8) is 0 Å². The molecule has 12 heteroatoms. The van der Waals surface area contributed by atoms with Crippen LogP contribution in [0.15, 0.2) is 48.5 Å². The van der Waals surface area contributed by atoms with Crippen LogP contribution in [0.3, 0.4) is 0 Å². The summed E-state index contributed by atoms with van der Waals surface area (Å²) in [5.74, 6) is -1.80. The summed E-state index contributed by atoms with van der Waals surface area (Å²) in [6.07, 6.45) is -4.93. The standard InChI is InChI=1S/C20H16ClF3N4O3S/c1-10(18(26)30)28(12-7-8-14(13(21)9-12)31-20(22,23)24)19-27-17(25)16(32-19)15(29)11-5-3-2-4-6-11/h2-10H,25H2,1H3,(H2,26,30). The molecule has 0 aliphatic carbocycles. The topological polar surface area (TPSA) is 112 Å². The molecule has 0 spiro atoms. The van der Waals surface area contributed by atoms with Gasteiger partial charge in [0.05, 0.1) is 5.02 Å². The van der Waals surface area contributed by atoms with E-state index in [0.29, 0.717) is 5.56 Å². The summed E-state index contributed by atoms with van der Waals surface area (Å²) < 4.78 is 41.5. The van der Waals surface area contributed by atoms with Gasteiger partial charge in [-0.3, -0.25) is 9.59 Å². The average Bonchev–Trinajstić information content (AvgIpc) is 3.10. The van der Waals surface area contributed by atoms with Gasteiger partial charge in [-0.15, -0.1) is 13.2 Å². The Bertz CT molecular complexity index is 1150. The third-order valence-electron chi connectivity index (χ3n) is 4.31. The second kappa shape index (κ2) is 9.05. The average molecular weight is 485 g/mol. The Morgan fingerprint density at radius 1 is 1.19 bits per heavy atom. The van der Waals surface area contributed by atoms with Gasteiger partial charge in [0, 0.05) is 11.3 Å². The van der Waals surface area contributed by atoms with Crippen LogP contribution in [-0.4, -0.2) is 29.1 Å². The number of aromatic nitrogens is 1. The summed E-state index contributed by atoms with van der Waals surface area (Å²) in [5, 5.41) is -0.222. The number of nitrogens with zero attached hydrogens (tertiary/aromatic N) is 2. The van der Waals surface area contributed by atoms with Gasteiger partial charge in [-0.2, -0.15) is 0 Å². The van der Waals surface area contributed by atoms with Crippen LogP contribution in [0.1, 0.15) is 22.2 Å². The highest BCUT2D eigenvalue weighted by Crippen LogP contribution is 2.39. The van der Waals surface area contributed by atoms with Crippen molar-refractivity contribution < 1.29 is 27.5 Å². The summed E-state index contributed by atoms with van der Waals surface area (Å²) >= 11 is 6.86. The van der Waals surface area contributed by atoms with E-state index in [0.717, 1.165) is 17.4 Å². The summed E-state index contributed by atoms with van der Waals surface area (Å²) in [5.41, 5.74) is 12.0. The van der Waals surface area contributed by atoms with Crippen molar-refractivity contribution >= 4 is 51.3 Å². The lowest BCUT2D eigenvalue weighted by Crippen LogP contribution is -2.40. The number of carbonyl (C=O) groups excluding carboxylic acids is 2. The number of alkyl halides is 3. The lowest BCUT2D eigenvalue weighted by Gasteiger charge is -2.27. The predicted octanol–water partition coefficient (Wildman–Crippen LogP) is 4.52. The van der Waals surface area contributed by atoms with Crippen molar-refractivity contribution in [2.24, 2.45) is 5.73 Å². The maximum Gasteiger partial charge on any atom is 0.573 e. The van der Waals surface area contributed by atoms with Gasteiger partial charge in [-0.1, -0.05) is 53.3 Å². The molecule has 0 saturated carbocycles. The third-order valence-corrected chi connectivity index (χ3v) is 5.67. The molecule has 0 radical (unpaired) electrons. The number of nitrogens with two attached hydrogens (primary N) is 2. The van der Waals surface area contributed by atoms with Crippen LogP contribution in [-0.2, 0) is 4.79 Å². The molecule has 168 valence electrons. The Morgan fingerprint density at radius 3 is 2.41 bits per heavy atom. The van der Waals surface area contributed by atoms with Gasteiger partial charge in [0.1, 0.15) is 22.5 Å². The summed E-state index contributed by atoms with van der Waals surface area (Å²) in [6.45, 7) is 1.46. The highest BCUT2D eigenvalue weighted by Gasteiger charge is 2.33. The fourth-order valence-electron chi connectivity index (χ4n) is 2.78. The minimum absolute atomic E-state index is 0.0661. The molecule has 0 fully saturated rings. The molecule has 0 saturated heterocycles. The first-order valence-corrected chi connectivity index (χ1v) is 10.2. The van der Waals surface area contributed by atoms with E-state index in [-0.39, 0.29) is 32.3 Å². The second-order valence-electron chi connectivity index (χ2n) is 6.52. The number of carbonyl (C=O) groups is 2. The molecule has 4 N–H and O–H groups in total. The number of anilines is 3. The lowest BCUT2D eigenvalue weighted by atomic mass is 10.1. The number of ketones is 1. The largest absolute Gasteiger partial charge is 0.573 e. The summed E-state index contributed by atoms with van der Waals surface area (Å²) in [4.78, 5) is 30.4. The lowest BCUT2D eigenvalue weighted by molar-refractivity contribution is -0.274. The van der Waals surface area contributed by atoms with Crippen molar-refractivity contribution in [2.75, 3.05) is 10.6 Å². The second-order valence-corrected chi connectivity index (χ2v) is 7.90. The minimum atomic E-state index is -4.93. The first kappa shape index (κ1) is 23.4. The van der Waals surface area contributed by atoms with Crippen LogP contribution in [0.25, 0.3) is 0 Å². The summed E-state index contributed by atoms with van der Waals surface area (Å²) in [6, 6.07) is 10.8. The quantitative estimate of drug-likeness (QED) is 0.477. The molecule has 3 aromatic rings. The Hall–Kier alpha value is -3.31. The van der Waals surface area contributed by atoms with E-state index in [2.05, 4.69) is 9.72 Å². The monoisotopic (exact) mass is 484 g/mol. The first-order valence-electron chi connectivity index (χ1n) is 8.98. The fraction of sp³-hybridized carbons (Fsp3) is 0.150. The molecule has 32 heavy (non-hydrogen) atoms. The molecule has 3 rings (SSSR count). The molecule has 1 atom stereocenters. The maximum absolute atomic E-state index is 12.8. The van der Waals surface area contributed by atoms with E-state index >= 15 is 0 Å². The molecule has 0 aliphatic rings. The van der Waals surface area contributed by atoms with Crippen LogP contribution in [0, 0.1) is 0 Å². The number of ether oxygens (including phenoxy) is 1. The Kier molecular flexibility index (Phi) is 6.60. The van der Waals surface area contributed by atoms with Crippen LogP contribution < -0.4 is 21.1 Å². The molecule has 1 aromatic heterocycles. The van der Waals surface area contributed by atoms with Gasteiger partial charge in [-0.05, 0) is 25.1 Å². The number of primary amides is 1. The van der Waals surface area contributed by atoms with Crippen LogP contribution in [0.4, 0.5) is 29.8 Å². The number of hydrogen-bond donors (Lipinski definition) is 2. The highest BCUT2D eigenvalue weighted by atomic mass is 35.5. The number of amides is 1. The number of nitrogen functional groups attached to an aromatic ring is 1. The molecule has 1 unspecified atom stereocenters. The van der Waals surface area contributed by atoms with Crippen molar-refractivity contribution in [3.05, 3.63) is 64.0 Å². The van der Waals surface area contributed by atoms with Crippen molar-refractivity contribution in [1.29, 1.82) is 0 Å². The van der Waals surface area contributed by atoms with Crippen molar-refractivity contribution in [3.8, 4) is 5.75 Å². The van der Waals surface area contributed by atoms with E-state index in [9.17, 15) is 22.8 Å². The molecular formula is C20H16ClF3N4O3S. The molecule has 1 heterocycles. The van der Waals surface area contributed by atoms with E-state index in [4.69, 9.17) is 23.1 Å². The SMILES string of the molecule is CC(C(N)=O)N(c1ccc(OC(F)(F)F)c(Cl)c1)c1nc(N)c(C(=O)c2ccccc2)s1. The molecule has 2 aromatic carbocycles. The third kappa shape index (κ3) is 5.11. The van der Waals surface area contributed by atoms with Crippen LogP contribution in [0.2, 0.25) is 5.02 Å². The van der Waals surface area contributed by atoms with Gasteiger partial charge in [0.2, 0.25) is 11.7 Å². The van der Waals surface area contributed by atoms with Crippen LogP contribution >= 0.6 is 22.9 Å². The number of hydrogen-bond acceptors (Lipinski definition) is 7. The van der Waals surface area contributed by atoms with E-state index in [1.54, 1.807) is 30.3 Å². The molecule has 0 bridgehead atoms. The van der Waals surface area contributed by atoms with Gasteiger partial charge in [0.15, 0.2) is 5.13 Å². The molecule has 1 amide bonds. The Morgan fingerprint density at radius 2 is 1.84 bits per heavy atom. The first-order chi connectivity index (χ1) is 15.0. The normalized spacial score (nSPS) is 12.3. The van der Waals surface area contributed by atoms with E-state index < -0.39 is 24.1 Å². The molecule has 0 aliphatic heterocycles.